The van der Waals surface area contributed by atoms with Gasteiger partial charge in [-0.1, -0.05) is 17.7 Å². The van der Waals surface area contributed by atoms with Crippen LogP contribution in [0.3, 0.4) is 0 Å². The van der Waals surface area contributed by atoms with Crippen molar-refractivity contribution in [3.8, 4) is 28.4 Å². The number of benzene rings is 2. The molecule has 0 aliphatic heterocycles. The van der Waals surface area contributed by atoms with E-state index >= 15 is 0 Å². The summed E-state index contributed by atoms with van der Waals surface area (Å²) in [5.74, 6) is 1.28. The second-order valence-electron chi connectivity index (χ2n) is 6.71. The van der Waals surface area contributed by atoms with Crippen LogP contribution in [0.5, 0.6) is 11.5 Å². The fourth-order valence-electron chi connectivity index (χ4n) is 3.23. The molecule has 2 aromatic carbocycles. The van der Waals surface area contributed by atoms with E-state index in [4.69, 9.17) is 14.6 Å². The predicted molar refractivity (Wildman–Crippen MR) is 114 cm³/mol. The zero-order valence-electron chi connectivity index (χ0n) is 17.6. The van der Waals surface area contributed by atoms with Crippen LogP contribution in [0.1, 0.15) is 29.9 Å². The molecule has 0 atom stereocenters. The standard InChI is InChI=1S/C23H27N3O3/c1-6-25(7-2)23(27)21-15-20(19-13-12-18(28-4)14-22(19)29-5)24-26(21)17-10-8-16(3)9-11-17/h8-15H,6-7H2,1-5H3. The lowest BCUT2D eigenvalue weighted by Crippen LogP contribution is -2.32. The molecule has 0 bridgehead atoms. The zero-order valence-corrected chi connectivity index (χ0v) is 17.6. The van der Waals surface area contributed by atoms with Crippen molar-refractivity contribution in [2.75, 3.05) is 27.3 Å². The SMILES string of the molecule is CCN(CC)C(=O)c1cc(-c2ccc(OC)cc2OC)nn1-c1ccc(C)cc1. The smallest absolute Gasteiger partial charge is 0.272 e. The minimum absolute atomic E-state index is 0.0539. The zero-order chi connectivity index (χ0) is 21.0. The number of nitrogens with zero attached hydrogens (tertiary/aromatic N) is 3. The number of rotatable bonds is 7. The molecule has 3 rings (SSSR count). The third-order valence-corrected chi connectivity index (χ3v) is 4.94. The van der Waals surface area contributed by atoms with Crippen molar-refractivity contribution in [1.82, 2.24) is 14.7 Å². The summed E-state index contributed by atoms with van der Waals surface area (Å²) in [6, 6.07) is 15.3. The Morgan fingerprint density at radius 2 is 1.69 bits per heavy atom. The molecule has 1 aromatic heterocycles. The minimum atomic E-state index is -0.0539. The number of methoxy groups -OCH3 is 2. The second kappa shape index (κ2) is 8.82. The van der Waals surface area contributed by atoms with Crippen LogP contribution >= 0.6 is 0 Å². The Bertz CT molecular complexity index is 989. The maximum atomic E-state index is 13.2. The highest BCUT2D eigenvalue weighted by atomic mass is 16.5. The number of hydrogen-bond acceptors (Lipinski definition) is 4. The summed E-state index contributed by atoms with van der Waals surface area (Å²) in [6.45, 7) is 7.25. The molecule has 0 aliphatic rings. The van der Waals surface area contributed by atoms with Gasteiger partial charge >= 0.3 is 0 Å². The molecule has 29 heavy (non-hydrogen) atoms. The maximum absolute atomic E-state index is 13.2. The van der Waals surface area contributed by atoms with Crippen molar-refractivity contribution in [3.05, 3.63) is 59.8 Å². The van der Waals surface area contributed by atoms with Gasteiger partial charge in [0.15, 0.2) is 0 Å². The maximum Gasteiger partial charge on any atom is 0.272 e. The van der Waals surface area contributed by atoms with Gasteiger partial charge in [0, 0.05) is 24.7 Å². The Balaban J connectivity index is 2.17. The summed E-state index contributed by atoms with van der Waals surface area (Å²) in [4.78, 5) is 15.0. The molecular formula is C23H27N3O3. The highest BCUT2D eigenvalue weighted by Gasteiger charge is 2.22. The van der Waals surface area contributed by atoms with Crippen molar-refractivity contribution in [2.45, 2.75) is 20.8 Å². The highest BCUT2D eigenvalue weighted by Crippen LogP contribution is 2.33. The third kappa shape index (κ3) is 4.11. The van der Waals surface area contributed by atoms with Crippen LogP contribution < -0.4 is 9.47 Å². The molecule has 1 heterocycles. The van der Waals surface area contributed by atoms with Gasteiger partial charge in [0.1, 0.15) is 17.2 Å². The second-order valence-corrected chi connectivity index (χ2v) is 6.71. The molecule has 6 nitrogen and oxygen atoms in total. The summed E-state index contributed by atoms with van der Waals surface area (Å²) in [5.41, 5.74) is 3.97. The summed E-state index contributed by atoms with van der Waals surface area (Å²) < 4.78 is 12.5. The van der Waals surface area contributed by atoms with E-state index < -0.39 is 0 Å². The lowest BCUT2D eigenvalue weighted by atomic mass is 10.1. The van der Waals surface area contributed by atoms with Crippen LogP contribution in [0.2, 0.25) is 0 Å². The lowest BCUT2D eigenvalue weighted by molar-refractivity contribution is 0.0764. The van der Waals surface area contributed by atoms with Gasteiger partial charge < -0.3 is 14.4 Å². The summed E-state index contributed by atoms with van der Waals surface area (Å²) >= 11 is 0. The van der Waals surface area contributed by atoms with E-state index in [1.807, 2.05) is 69.3 Å². The monoisotopic (exact) mass is 393 g/mol. The van der Waals surface area contributed by atoms with E-state index in [0.717, 1.165) is 16.8 Å². The molecule has 0 spiro atoms. The molecule has 0 N–H and O–H groups in total. The number of aryl methyl sites for hydroxylation is 1. The first kappa shape index (κ1) is 20.5. The van der Waals surface area contributed by atoms with Crippen LogP contribution in [-0.4, -0.2) is 47.9 Å². The van der Waals surface area contributed by atoms with Crippen LogP contribution in [0.15, 0.2) is 48.5 Å². The van der Waals surface area contributed by atoms with Crippen LogP contribution in [0.4, 0.5) is 0 Å². The van der Waals surface area contributed by atoms with E-state index in [2.05, 4.69) is 0 Å². The first-order chi connectivity index (χ1) is 14.0. The summed E-state index contributed by atoms with van der Waals surface area (Å²) in [6.07, 6.45) is 0. The summed E-state index contributed by atoms with van der Waals surface area (Å²) in [7, 11) is 3.22. The number of hydrogen-bond donors (Lipinski definition) is 0. The number of aromatic nitrogens is 2. The van der Waals surface area contributed by atoms with Crippen LogP contribution in [0.25, 0.3) is 16.9 Å². The van der Waals surface area contributed by atoms with Crippen LogP contribution in [-0.2, 0) is 0 Å². The summed E-state index contributed by atoms with van der Waals surface area (Å²) in [5, 5.41) is 4.76. The van der Waals surface area contributed by atoms with Gasteiger partial charge in [-0.2, -0.15) is 5.10 Å². The number of carbonyl (C=O) groups is 1. The molecule has 0 saturated carbocycles. The fourth-order valence-corrected chi connectivity index (χ4v) is 3.23. The van der Waals surface area contributed by atoms with Gasteiger partial charge in [-0.3, -0.25) is 4.79 Å². The number of ether oxygens (including phenoxy) is 2. The number of amides is 1. The first-order valence-electron chi connectivity index (χ1n) is 9.71. The van der Waals surface area contributed by atoms with E-state index in [1.165, 1.54) is 0 Å². The molecule has 0 unspecified atom stereocenters. The van der Waals surface area contributed by atoms with E-state index in [1.54, 1.807) is 23.8 Å². The Kier molecular flexibility index (Phi) is 6.22. The molecule has 1 amide bonds. The average Bonchev–Trinajstić information content (AvgIpc) is 3.19. The van der Waals surface area contributed by atoms with Gasteiger partial charge in [-0.25, -0.2) is 4.68 Å². The third-order valence-electron chi connectivity index (χ3n) is 4.94. The molecule has 0 aliphatic carbocycles. The molecule has 0 fully saturated rings. The Hall–Kier alpha value is -3.28. The largest absolute Gasteiger partial charge is 0.497 e. The van der Waals surface area contributed by atoms with Crippen molar-refractivity contribution >= 4 is 5.91 Å². The molecule has 3 aromatic rings. The van der Waals surface area contributed by atoms with Gasteiger partial charge in [0.05, 0.1) is 25.6 Å². The number of carbonyl (C=O) groups excluding carboxylic acids is 1. The highest BCUT2D eigenvalue weighted by molar-refractivity contribution is 5.94. The van der Waals surface area contributed by atoms with Gasteiger partial charge in [-0.15, -0.1) is 0 Å². The van der Waals surface area contributed by atoms with Gasteiger partial charge in [0.2, 0.25) is 0 Å². The van der Waals surface area contributed by atoms with Gasteiger partial charge in [-0.05, 0) is 51.1 Å². The van der Waals surface area contributed by atoms with E-state index in [0.29, 0.717) is 36.0 Å². The lowest BCUT2D eigenvalue weighted by Gasteiger charge is -2.19. The fraction of sp³-hybridized carbons (Fsp3) is 0.304. The quantitative estimate of drug-likeness (QED) is 0.599. The van der Waals surface area contributed by atoms with Crippen molar-refractivity contribution < 1.29 is 14.3 Å². The van der Waals surface area contributed by atoms with Crippen molar-refractivity contribution in [2.24, 2.45) is 0 Å². The van der Waals surface area contributed by atoms with E-state index in [9.17, 15) is 4.79 Å². The molecular weight excluding hydrogens is 366 g/mol. The van der Waals surface area contributed by atoms with Gasteiger partial charge in [0.25, 0.3) is 5.91 Å². The first-order valence-corrected chi connectivity index (χ1v) is 9.71. The Labute approximate surface area is 171 Å². The average molecular weight is 393 g/mol. The predicted octanol–water partition coefficient (Wildman–Crippen LogP) is 4.35. The van der Waals surface area contributed by atoms with Crippen molar-refractivity contribution in [1.29, 1.82) is 0 Å². The molecule has 0 radical (unpaired) electrons. The van der Waals surface area contributed by atoms with Crippen LogP contribution in [0, 0.1) is 6.92 Å². The Morgan fingerprint density at radius 3 is 2.28 bits per heavy atom. The van der Waals surface area contributed by atoms with Crippen molar-refractivity contribution in [3.63, 3.8) is 0 Å². The molecule has 6 heteroatoms. The topological polar surface area (TPSA) is 56.6 Å². The van der Waals surface area contributed by atoms with E-state index in [-0.39, 0.29) is 5.91 Å². The Morgan fingerprint density at radius 1 is 1.00 bits per heavy atom. The normalized spacial score (nSPS) is 10.7. The molecule has 152 valence electrons. The minimum Gasteiger partial charge on any atom is -0.497 e. The molecule has 0 saturated heterocycles.